The summed E-state index contributed by atoms with van der Waals surface area (Å²) in [4.78, 5) is 0. The topological polar surface area (TPSA) is 12.0 Å². The molecule has 1 nitrogen and oxygen atoms in total. The van der Waals surface area contributed by atoms with Gasteiger partial charge in [-0.3, -0.25) is 0 Å². The van der Waals surface area contributed by atoms with E-state index in [-0.39, 0.29) is 5.41 Å². The van der Waals surface area contributed by atoms with Crippen LogP contribution in [0.5, 0.6) is 0 Å². The lowest BCUT2D eigenvalue weighted by molar-refractivity contribution is 0.0129. The van der Waals surface area contributed by atoms with E-state index < -0.39 is 11.6 Å². The molecule has 1 saturated carbocycles. The molecule has 1 aliphatic rings. The van der Waals surface area contributed by atoms with Crippen molar-refractivity contribution in [1.29, 1.82) is 0 Å². The van der Waals surface area contributed by atoms with Crippen molar-refractivity contribution < 1.29 is 8.78 Å². The fourth-order valence-corrected chi connectivity index (χ4v) is 3.79. The highest BCUT2D eigenvalue weighted by Crippen LogP contribution is 2.59. The highest BCUT2D eigenvalue weighted by Gasteiger charge is 2.53. The van der Waals surface area contributed by atoms with Crippen molar-refractivity contribution in [1.82, 2.24) is 5.32 Å². The van der Waals surface area contributed by atoms with Crippen LogP contribution in [0.15, 0.2) is 18.2 Å². The summed E-state index contributed by atoms with van der Waals surface area (Å²) >= 11 is 0. The van der Waals surface area contributed by atoms with Crippen molar-refractivity contribution in [2.45, 2.75) is 51.9 Å². The molecule has 1 aromatic carbocycles. The molecule has 0 heterocycles. The van der Waals surface area contributed by atoms with Gasteiger partial charge in [-0.2, -0.15) is 0 Å². The van der Waals surface area contributed by atoms with E-state index in [0.29, 0.717) is 5.41 Å². The average Bonchev–Trinajstić information content (AvgIpc) is 2.37. The van der Waals surface area contributed by atoms with Gasteiger partial charge in [0.2, 0.25) is 0 Å². The van der Waals surface area contributed by atoms with Gasteiger partial charge in [-0.25, -0.2) is 8.78 Å². The maximum atomic E-state index is 13.5. The highest BCUT2D eigenvalue weighted by atomic mass is 19.1. The van der Waals surface area contributed by atoms with Gasteiger partial charge in [0, 0.05) is 18.0 Å². The Morgan fingerprint density at radius 3 is 2.00 bits per heavy atom. The SMILES string of the molecule is CCNCC1(c2cc(F)cc(F)c2)CC(CC)(CC)C1. The molecule has 0 unspecified atom stereocenters. The summed E-state index contributed by atoms with van der Waals surface area (Å²) in [6, 6.07) is 3.97. The van der Waals surface area contributed by atoms with Crippen LogP contribution in [0.1, 0.15) is 52.0 Å². The number of nitrogens with one attached hydrogen (secondary N) is 1. The Kier molecular flexibility index (Phi) is 4.48. The van der Waals surface area contributed by atoms with E-state index in [2.05, 4.69) is 26.1 Å². The third-order valence-electron chi connectivity index (χ3n) is 5.12. The van der Waals surface area contributed by atoms with Crippen LogP contribution in [0.4, 0.5) is 8.78 Å². The minimum atomic E-state index is -0.471. The molecular weight excluding hydrogens is 256 g/mol. The molecule has 112 valence electrons. The second kappa shape index (κ2) is 5.80. The summed E-state index contributed by atoms with van der Waals surface area (Å²) in [5, 5.41) is 3.37. The third kappa shape index (κ3) is 2.73. The fourth-order valence-electron chi connectivity index (χ4n) is 3.79. The minimum absolute atomic E-state index is 0.106. The highest BCUT2D eigenvalue weighted by molar-refractivity contribution is 5.32. The third-order valence-corrected chi connectivity index (χ3v) is 5.12. The first kappa shape index (κ1) is 15.4. The van der Waals surface area contributed by atoms with Crippen molar-refractivity contribution in [2.24, 2.45) is 5.41 Å². The Labute approximate surface area is 120 Å². The van der Waals surface area contributed by atoms with Gasteiger partial charge in [0.25, 0.3) is 0 Å². The van der Waals surface area contributed by atoms with E-state index in [1.165, 1.54) is 12.1 Å². The molecule has 0 atom stereocenters. The Hall–Kier alpha value is -0.960. The van der Waals surface area contributed by atoms with Gasteiger partial charge in [0.15, 0.2) is 0 Å². The van der Waals surface area contributed by atoms with Crippen LogP contribution < -0.4 is 5.32 Å². The van der Waals surface area contributed by atoms with Crippen molar-refractivity contribution in [3.8, 4) is 0 Å². The summed E-state index contributed by atoms with van der Waals surface area (Å²) in [6.45, 7) is 8.17. The Bertz CT molecular complexity index is 438. The molecule has 0 amide bonds. The zero-order chi connectivity index (χ0) is 14.8. The van der Waals surface area contributed by atoms with Crippen LogP contribution in [0.2, 0.25) is 0 Å². The number of hydrogen-bond donors (Lipinski definition) is 1. The van der Waals surface area contributed by atoms with E-state index in [1.54, 1.807) is 0 Å². The van der Waals surface area contributed by atoms with Crippen molar-refractivity contribution >= 4 is 0 Å². The lowest BCUT2D eigenvalue weighted by Gasteiger charge is -2.57. The largest absolute Gasteiger partial charge is 0.316 e. The molecule has 0 bridgehead atoms. The second-order valence-electron chi connectivity index (χ2n) is 6.28. The summed E-state index contributed by atoms with van der Waals surface area (Å²) in [6.07, 6.45) is 4.30. The molecular formula is C17H25F2N. The fraction of sp³-hybridized carbons (Fsp3) is 0.647. The Balaban J connectivity index is 2.30. The van der Waals surface area contributed by atoms with Crippen LogP contribution in [0, 0.1) is 17.0 Å². The molecule has 1 fully saturated rings. The monoisotopic (exact) mass is 281 g/mol. The molecule has 0 spiro atoms. The van der Waals surface area contributed by atoms with Gasteiger partial charge in [-0.15, -0.1) is 0 Å². The summed E-state index contributed by atoms with van der Waals surface area (Å²) < 4.78 is 27.1. The molecule has 1 aliphatic carbocycles. The maximum Gasteiger partial charge on any atom is 0.126 e. The van der Waals surface area contributed by atoms with Crippen LogP contribution in [-0.2, 0) is 5.41 Å². The molecule has 0 aliphatic heterocycles. The summed E-state index contributed by atoms with van der Waals surface area (Å²) in [7, 11) is 0. The molecule has 2 rings (SSSR count). The smallest absolute Gasteiger partial charge is 0.126 e. The number of rotatable bonds is 6. The number of benzene rings is 1. The minimum Gasteiger partial charge on any atom is -0.316 e. The molecule has 0 aromatic heterocycles. The van der Waals surface area contributed by atoms with Crippen LogP contribution in [-0.4, -0.2) is 13.1 Å². The van der Waals surface area contributed by atoms with Crippen LogP contribution in [0.25, 0.3) is 0 Å². The first-order valence-corrected chi connectivity index (χ1v) is 7.66. The standard InChI is InChI=1S/C17H25F2N/c1-4-16(5-2)10-17(11-16,12-20-6-3)13-7-14(18)9-15(19)8-13/h7-9,20H,4-6,10-12H2,1-3H3. The second-order valence-corrected chi connectivity index (χ2v) is 6.28. The van der Waals surface area contributed by atoms with E-state index in [1.807, 2.05) is 0 Å². The van der Waals surface area contributed by atoms with Crippen molar-refractivity contribution in [3.05, 3.63) is 35.4 Å². The van der Waals surface area contributed by atoms with E-state index in [9.17, 15) is 8.78 Å². The molecule has 20 heavy (non-hydrogen) atoms. The quantitative estimate of drug-likeness (QED) is 0.814. The molecule has 0 saturated heterocycles. The lowest BCUT2D eigenvalue weighted by Crippen LogP contribution is -2.54. The number of hydrogen-bond acceptors (Lipinski definition) is 1. The van der Waals surface area contributed by atoms with Crippen LogP contribution >= 0.6 is 0 Å². The summed E-state index contributed by atoms with van der Waals surface area (Å²) in [5.41, 5.74) is 1.05. The van der Waals surface area contributed by atoms with E-state index in [0.717, 1.165) is 50.4 Å². The first-order valence-electron chi connectivity index (χ1n) is 7.66. The van der Waals surface area contributed by atoms with Gasteiger partial charge in [0.05, 0.1) is 0 Å². The zero-order valence-corrected chi connectivity index (χ0v) is 12.7. The number of halogens is 2. The molecule has 1 aromatic rings. The Morgan fingerprint density at radius 2 is 1.55 bits per heavy atom. The first-order chi connectivity index (χ1) is 9.49. The maximum absolute atomic E-state index is 13.5. The Morgan fingerprint density at radius 1 is 1.00 bits per heavy atom. The zero-order valence-electron chi connectivity index (χ0n) is 12.7. The van der Waals surface area contributed by atoms with Gasteiger partial charge in [0.1, 0.15) is 11.6 Å². The average molecular weight is 281 g/mol. The van der Waals surface area contributed by atoms with Gasteiger partial charge < -0.3 is 5.32 Å². The van der Waals surface area contributed by atoms with Gasteiger partial charge in [-0.05, 0) is 42.5 Å². The predicted octanol–water partition coefficient (Wildman–Crippen LogP) is 4.41. The van der Waals surface area contributed by atoms with Gasteiger partial charge in [-0.1, -0.05) is 33.6 Å². The molecule has 1 N–H and O–H groups in total. The predicted molar refractivity (Wildman–Crippen MR) is 78.8 cm³/mol. The normalized spacial score (nSPS) is 19.6. The van der Waals surface area contributed by atoms with E-state index in [4.69, 9.17) is 0 Å². The molecule has 0 radical (unpaired) electrons. The van der Waals surface area contributed by atoms with E-state index >= 15 is 0 Å². The van der Waals surface area contributed by atoms with Crippen molar-refractivity contribution in [3.63, 3.8) is 0 Å². The lowest BCUT2D eigenvalue weighted by atomic mass is 9.48. The van der Waals surface area contributed by atoms with Gasteiger partial charge >= 0.3 is 0 Å². The summed E-state index contributed by atoms with van der Waals surface area (Å²) in [5.74, 6) is -0.942. The van der Waals surface area contributed by atoms with Crippen molar-refractivity contribution in [2.75, 3.05) is 13.1 Å². The van der Waals surface area contributed by atoms with Crippen LogP contribution in [0.3, 0.4) is 0 Å². The molecule has 3 heteroatoms. The number of likely N-dealkylation sites (N-methyl/N-ethyl adjacent to an activating group) is 1.